The van der Waals surface area contributed by atoms with Crippen LogP contribution in [0.25, 0.3) is 6.08 Å². The first-order chi connectivity index (χ1) is 10.8. The standard InChI is InChI=1S/C21H34O/c1-3-5-6-7-8-9-10-11-12-13-15-19-16-17-21(22)20(18-19)14-4-2/h4,14,16-18,22H,3,5-13,15H2,1-2H3/b14-4-. The lowest BCUT2D eigenvalue weighted by Crippen LogP contribution is -1.88. The van der Waals surface area contributed by atoms with Gasteiger partial charge in [-0.05, 0) is 37.5 Å². The van der Waals surface area contributed by atoms with Crippen LogP contribution in [-0.4, -0.2) is 5.11 Å². The molecule has 0 unspecified atom stereocenters. The number of hydrogen-bond acceptors (Lipinski definition) is 1. The van der Waals surface area contributed by atoms with Crippen LogP contribution in [0.1, 0.15) is 89.2 Å². The Hall–Kier alpha value is -1.24. The number of phenolic OH excluding ortho intramolecular Hbond substituents is 1. The van der Waals surface area contributed by atoms with E-state index in [9.17, 15) is 5.11 Å². The fraction of sp³-hybridized carbons (Fsp3) is 0.619. The van der Waals surface area contributed by atoms with Gasteiger partial charge in [-0.25, -0.2) is 0 Å². The van der Waals surface area contributed by atoms with E-state index in [1.165, 1.54) is 69.8 Å². The van der Waals surface area contributed by atoms with Gasteiger partial charge in [-0.3, -0.25) is 0 Å². The Morgan fingerprint density at radius 3 is 2.05 bits per heavy atom. The fourth-order valence-electron chi connectivity index (χ4n) is 2.89. The first kappa shape index (κ1) is 18.8. The maximum Gasteiger partial charge on any atom is 0.122 e. The molecule has 0 amide bonds. The van der Waals surface area contributed by atoms with E-state index in [1.807, 2.05) is 25.1 Å². The highest BCUT2D eigenvalue weighted by Gasteiger charge is 2.00. The van der Waals surface area contributed by atoms with E-state index in [2.05, 4.69) is 19.1 Å². The van der Waals surface area contributed by atoms with E-state index in [4.69, 9.17) is 0 Å². The van der Waals surface area contributed by atoms with Crippen molar-refractivity contribution in [1.82, 2.24) is 0 Å². The third-order valence-electron chi connectivity index (χ3n) is 4.26. The largest absolute Gasteiger partial charge is 0.507 e. The first-order valence-corrected chi connectivity index (χ1v) is 9.22. The minimum absolute atomic E-state index is 0.380. The maximum absolute atomic E-state index is 9.76. The van der Waals surface area contributed by atoms with E-state index in [-0.39, 0.29) is 0 Å². The lowest BCUT2D eigenvalue weighted by molar-refractivity contribution is 0.473. The van der Waals surface area contributed by atoms with Crippen molar-refractivity contribution in [3.8, 4) is 5.75 Å². The van der Waals surface area contributed by atoms with Crippen LogP contribution in [0, 0.1) is 0 Å². The van der Waals surface area contributed by atoms with E-state index in [0.29, 0.717) is 5.75 Å². The molecule has 0 aliphatic heterocycles. The zero-order chi connectivity index (χ0) is 16.0. The summed E-state index contributed by atoms with van der Waals surface area (Å²) in [6, 6.07) is 5.99. The maximum atomic E-state index is 9.76. The highest BCUT2D eigenvalue weighted by Crippen LogP contribution is 2.21. The number of unbranched alkanes of at least 4 members (excludes halogenated alkanes) is 9. The van der Waals surface area contributed by atoms with Crippen LogP contribution in [0.2, 0.25) is 0 Å². The average Bonchev–Trinajstić information content (AvgIpc) is 2.52. The number of phenols is 1. The molecule has 0 spiro atoms. The Kier molecular flexibility index (Phi) is 10.5. The molecule has 1 N–H and O–H groups in total. The molecular formula is C21H34O. The van der Waals surface area contributed by atoms with Crippen LogP contribution in [0.3, 0.4) is 0 Å². The molecule has 1 aromatic rings. The smallest absolute Gasteiger partial charge is 0.122 e. The number of rotatable bonds is 12. The number of hydrogen-bond donors (Lipinski definition) is 1. The Labute approximate surface area is 137 Å². The molecule has 0 saturated carbocycles. The van der Waals surface area contributed by atoms with Gasteiger partial charge in [0.25, 0.3) is 0 Å². The van der Waals surface area contributed by atoms with Crippen molar-refractivity contribution in [2.75, 3.05) is 0 Å². The van der Waals surface area contributed by atoms with Crippen molar-refractivity contribution in [3.05, 3.63) is 35.4 Å². The van der Waals surface area contributed by atoms with Gasteiger partial charge in [0, 0.05) is 5.56 Å². The second-order valence-corrected chi connectivity index (χ2v) is 6.33. The Balaban J connectivity index is 2.08. The highest BCUT2D eigenvalue weighted by atomic mass is 16.3. The van der Waals surface area contributed by atoms with Crippen LogP contribution in [0.4, 0.5) is 0 Å². The zero-order valence-corrected chi connectivity index (χ0v) is 14.6. The summed E-state index contributed by atoms with van der Waals surface area (Å²) in [7, 11) is 0. The number of aromatic hydroxyl groups is 1. The van der Waals surface area contributed by atoms with Gasteiger partial charge in [-0.2, -0.15) is 0 Å². The van der Waals surface area contributed by atoms with Crippen LogP contribution >= 0.6 is 0 Å². The lowest BCUT2D eigenvalue weighted by atomic mass is 10.0. The van der Waals surface area contributed by atoms with Crippen LogP contribution in [0.5, 0.6) is 5.75 Å². The molecule has 22 heavy (non-hydrogen) atoms. The predicted octanol–water partition coefficient (Wildman–Crippen LogP) is 6.89. The third-order valence-corrected chi connectivity index (χ3v) is 4.26. The monoisotopic (exact) mass is 302 g/mol. The quantitative estimate of drug-likeness (QED) is 0.417. The highest BCUT2D eigenvalue weighted by molar-refractivity contribution is 5.57. The minimum Gasteiger partial charge on any atom is -0.507 e. The van der Waals surface area contributed by atoms with Crippen molar-refractivity contribution in [2.24, 2.45) is 0 Å². The second kappa shape index (κ2) is 12.3. The van der Waals surface area contributed by atoms with Crippen LogP contribution in [0.15, 0.2) is 24.3 Å². The van der Waals surface area contributed by atoms with E-state index >= 15 is 0 Å². The van der Waals surface area contributed by atoms with Gasteiger partial charge in [0.1, 0.15) is 5.75 Å². The van der Waals surface area contributed by atoms with Crippen LogP contribution in [-0.2, 0) is 6.42 Å². The summed E-state index contributed by atoms with van der Waals surface area (Å²) in [4.78, 5) is 0. The fourth-order valence-corrected chi connectivity index (χ4v) is 2.89. The molecule has 0 aromatic heterocycles. The summed E-state index contributed by atoms with van der Waals surface area (Å²) in [5.74, 6) is 0.380. The van der Waals surface area contributed by atoms with Gasteiger partial charge in [0.15, 0.2) is 0 Å². The zero-order valence-electron chi connectivity index (χ0n) is 14.6. The van der Waals surface area contributed by atoms with Crippen LogP contribution < -0.4 is 0 Å². The molecule has 0 saturated heterocycles. The summed E-state index contributed by atoms with van der Waals surface area (Å²) >= 11 is 0. The molecule has 1 rings (SSSR count). The normalized spacial score (nSPS) is 11.4. The Morgan fingerprint density at radius 1 is 0.864 bits per heavy atom. The summed E-state index contributed by atoms with van der Waals surface area (Å²) < 4.78 is 0. The van der Waals surface area contributed by atoms with Gasteiger partial charge in [-0.15, -0.1) is 0 Å². The predicted molar refractivity (Wildman–Crippen MR) is 98.4 cm³/mol. The molecule has 124 valence electrons. The third kappa shape index (κ3) is 8.26. The van der Waals surface area contributed by atoms with E-state index in [1.54, 1.807) is 0 Å². The molecule has 1 heteroatoms. The number of allylic oxidation sites excluding steroid dienone is 1. The van der Waals surface area contributed by atoms with Crippen molar-refractivity contribution < 1.29 is 5.11 Å². The van der Waals surface area contributed by atoms with Crippen molar-refractivity contribution in [1.29, 1.82) is 0 Å². The molecule has 0 heterocycles. The molecule has 0 aliphatic rings. The molecule has 1 nitrogen and oxygen atoms in total. The van der Waals surface area contributed by atoms with Crippen molar-refractivity contribution in [2.45, 2.75) is 84.5 Å². The SMILES string of the molecule is C/C=C\c1cc(CCCCCCCCCCCC)ccc1O. The first-order valence-electron chi connectivity index (χ1n) is 9.22. The van der Waals surface area contributed by atoms with Crippen molar-refractivity contribution in [3.63, 3.8) is 0 Å². The summed E-state index contributed by atoms with van der Waals surface area (Å²) in [5, 5.41) is 9.76. The van der Waals surface area contributed by atoms with E-state index in [0.717, 1.165) is 12.0 Å². The number of aryl methyl sites for hydroxylation is 1. The van der Waals surface area contributed by atoms with Gasteiger partial charge in [0.05, 0.1) is 0 Å². The minimum atomic E-state index is 0.380. The summed E-state index contributed by atoms with van der Waals surface area (Å²) in [6.45, 7) is 4.25. The Morgan fingerprint density at radius 2 is 1.45 bits per heavy atom. The molecule has 0 radical (unpaired) electrons. The Bertz CT molecular complexity index is 420. The van der Waals surface area contributed by atoms with Gasteiger partial charge in [0.2, 0.25) is 0 Å². The average molecular weight is 303 g/mol. The van der Waals surface area contributed by atoms with Crippen molar-refractivity contribution >= 4 is 6.08 Å². The lowest BCUT2D eigenvalue weighted by Gasteiger charge is -2.05. The summed E-state index contributed by atoms with van der Waals surface area (Å²) in [6.07, 6.45) is 18.8. The topological polar surface area (TPSA) is 20.2 Å². The molecule has 0 fully saturated rings. The van der Waals surface area contributed by atoms with Gasteiger partial charge >= 0.3 is 0 Å². The van der Waals surface area contributed by atoms with Gasteiger partial charge < -0.3 is 5.11 Å². The molecule has 0 atom stereocenters. The number of benzene rings is 1. The van der Waals surface area contributed by atoms with E-state index < -0.39 is 0 Å². The van der Waals surface area contributed by atoms with Gasteiger partial charge in [-0.1, -0.05) is 82.9 Å². The summed E-state index contributed by atoms with van der Waals surface area (Å²) in [5.41, 5.74) is 2.28. The molecular weight excluding hydrogens is 268 g/mol. The molecule has 1 aromatic carbocycles. The second-order valence-electron chi connectivity index (χ2n) is 6.33. The molecule has 0 aliphatic carbocycles. The molecule has 0 bridgehead atoms.